The van der Waals surface area contributed by atoms with Gasteiger partial charge in [-0.3, -0.25) is 4.79 Å². The molecule has 158 valence electrons. The van der Waals surface area contributed by atoms with Crippen molar-refractivity contribution in [3.8, 4) is 17.2 Å². The zero-order chi connectivity index (χ0) is 21.7. The quantitative estimate of drug-likeness (QED) is 0.605. The van der Waals surface area contributed by atoms with Crippen LogP contribution in [0.3, 0.4) is 0 Å². The van der Waals surface area contributed by atoms with Gasteiger partial charge in [-0.25, -0.2) is 14.1 Å². The summed E-state index contributed by atoms with van der Waals surface area (Å²) in [7, 11) is 1.35. The normalized spacial score (nSPS) is 10.9. The summed E-state index contributed by atoms with van der Waals surface area (Å²) in [5, 5.41) is 6.84. The van der Waals surface area contributed by atoms with Crippen LogP contribution in [0.4, 0.5) is 13.2 Å². The highest BCUT2D eigenvalue weighted by Gasteiger charge is 2.16. The SMILES string of the molecule is COc1ccc(CCNC(=O)c2nc(C)n(-c3ccc(F)cc3)n2)cc1OC(F)F. The molecule has 0 aliphatic carbocycles. The van der Waals surface area contributed by atoms with Crippen molar-refractivity contribution in [2.24, 2.45) is 0 Å². The number of aryl methyl sites for hydroxylation is 1. The summed E-state index contributed by atoms with van der Waals surface area (Å²) in [4.78, 5) is 16.5. The number of nitrogens with zero attached hydrogens (tertiary/aromatic N) is 3. The van der Waals surface area contributed by atoms with Crippen LogP contribution in [0, 0.1) is 12.7 Å². The number of carbonyl (C=O) groups excluding carboxylic acids is 1. The second-order valence-corrected chi connectivity index (χ2v) is 6.24. The molecular weight excluding hydrogens is 401 g/mol. The number of alkyl halides is 2. The molecule has 0 saturated carbocycles. The molecule has 3 rings (SSSR count). The topological polar surface area (TPSA) is 78.3 Å². The lowest BCUT2D eigenvalue weighted by molar-refractivity contribution is -0.0512. The largest absolute Gasteiger partial charge is 0.493 e. The third-order valence-corrected chi connectivity index (χ3v) is 4.19. The first kappa shape index (κ1) is 21.2. The molecule has 1 N–H and O–H groups in total. The van der Waals surface area contributed by atoms with E-state index >= 15 is 0 Å². The monoisotopic (exact) mass is 420 g/mol. The maximum atomic E-state index is 13.1. The molecule has 7 nitrogen and oxygen atoms in total. The summed E-state index contributed by atoms with van der Waals surface area (Å²) in [6.45, 7) is -1.07. The Hall–Kier alpha value is -3.56. The summed E-state index contributed by atoms with van der Waals surface area (Å²) < 4.78 is 49.0. The predicted molar refractivity (Wildman–Crippen MR) is 102 cm³/mol. The van der Waals surface area contributed by atoms with Gasteiger partial charge in [0, 0.05) is 6.54 Å². The van der Waals surface area contributed by atoms with Gasteiger partial charge in [0.15, 0.2) is 11.5 Å². The third kappa shape index (κ3) is 5.07. The fraction of sp³-hybridized carbons (Fsp3) is 0.250. The average Bonchev–Trinajstić information content (AvgIpc) is 3.10. The second kappa shape index (κ2) is 9.29. The molecule has 0 radical (unpaired) electrons. The number of hydrogen-bond acceptors (Lipinski definition) is 5. The highest BCUT2D eigenvalue weighted by molar-refractivity contribution is 5.90. The van der Waals surface area contributed by atoms with Gasteiger partial charge in [-0.05, 0) is 55.3 Å². The lowest BCUT2D eigenvalue weighted by atomic mass is 10.1. The Morgan fingerprint density at radius 3 is 2.57 bits per heavy atom. The lowest BCUT2D eigenvalue weighted by Crippen LogP contribution is -2.27. The molecule has 0 aliphatic heterocycles. The van der Waals surface area contributed by atoms with Gasteiger partial charge < -0.3 is 14.8 Å². The zero-order valence-corrected chi connectivity index (χ0v) is 16.2. The molecule has 0 spiro atoms. The molecule has 0 fully saturated rings. The summed E-state index contributed by atoms with van der Waals surface area (Å²) >= 11 is 0. The summed E-state index contributed by atoms with van der Waals surface area (Å²) in [6, 6.07) is 10.3. The number of methoxy groups -OCH3 is 1. The van der Waals surface area contributed by atoms with Gasteiger partial charge in [0.1, 0.15) is 11.6 Å². The van der Waals surface area contributed by atoms with Crippen LogP contribution in [-0.2, 0) is 6.42 Å². The first-order chi connectivity index (χ1) is 14.4. The minimum Gasteiger partial charge on any atom is -0.493 e. The first-order valence-electron chi connectivity index (χ1n) is 8.97. The van der Waals surface area contributed by atoms with Crippen molar-refractivity contribution < 1.29 is 27.4 Å². The van der Waals surface area contributed by atoms with E-state index in [9.17, 15) is 18.0 Å². The number of rotatable bonds is 8. The smallest absolute Gasteiger partial charge is 0.387 e. The first-order valence-corrected chi connectivity index (χ1v) is 8.97. The number of nitrogens with one attached hydrogen (secondary N) is 1. The molecule has 0 saturated heterocycles. The second-order valence-electron chi connectivity index (χ2n) is 6.24. The number of hydrogen-bond donors (Lipinski definition) is 1. The van der Waals surface area contributed by atoms with Crippen molar-refractivity contribution >= 4 is 5.91 Å². The van der Waals surface area contributed by atoms with E-state index in [2.05, 4.69) is 20.1 Å². The Balaban J connectivity index is 1.62. The lowest BCUT2D eigenvalue weighted by Gasteiger charge is -2.11. The Kier molecular flexibility index (Phi) is 6.55. The van der Waals surface area contributed by atoms with Crippen molar-refractivity contribution in [3.05, 3.63) is 65.5 Å². The molecule has 0 atom stereocenters. The van der Waals surface area contributed by atoms with Crippen molar-refractivity contribution in [3.63, 3.8) is 0 Å². The Labute approximate surface area is 170 Å². The number of aromatic nitrogens is 3. The molecule has 0 bridgehead atoms. The van der Waals surface area contributed by atoms with Gasteiger partial charge in [0.25, 0.3) is 5.91 Å². The summed E-state index contributed by atoms with van der Waals surface area (Å²) in [5.74, 6) is -0.323. The number of ether oxygens (including phenoxy) is 2. The summed E-state index contributed by atoms with van der Waals surface area (Å²) in [6.07, 6.45) is 0.368. The fourth-order valence-corrected chi connectivity index (χ4v) is 2.78. The maximum Gasteiger partial charge on any atom is 0.387 e. The van der Waals surface area contributed by atoms with Crippen molar-refractivity contribution in [1.29, 1.82) is 0 Å². The number of carbonyl (C=O) groups is 1. The summed E-state index contributed by atoms with van der Waals surface area (Å²) in [5.41, 5.74) is 1.25. The van der Waals surface area contributed by atoms with E-state index in [1.807, 2.05) is 0 Å². The highest BCUT2D eigenvalue weighted by atomic mass is 19.3. The van der Waals surface area contributed by atoms with Gasteiger partial charge in [-0.2, -0.15) is 8.78 Å². The minimum absolute atomic E-state index is 0.0340. The van der Waals surface area contributed by atoms with Gasteiger partial charge in [0.05, 0.1) is 12.8 Å². The van der Waals surface area contributed by atoms with Gasteiger partial charge in [0.2, 0.25) is 5.82 Å². The molecule has 0 unspecified atom stereocenters. The van der Waals surface area contributed by atoms with Gasteiger partial charge in [-0.15, -0.1) is 5.10 Å². The van der Waals surface area contributed by atoms with Crippen LogP contribution in [0.15, 0.2) is 42.5 Å². The molecule has 1 aromatic heterocycles. The van der Waals surface area contributed by atoms with Crippen molar-refractivity contribution in [2.75, 3.05) is 13.7 Å². The number of halogens is 3. The van der Waals surface area contributed by atoms with E-state index in [0.717, 1.165) is 0 Å². The van der Waals surface area contributed by atoms with Crippen LogP contribution < -0.4 is 14.8 Å². The van der Waals surface area contributed by atoms with Gasteiger partial charge >= 0.3 is 6.61 Å². The van der Waals surface area contributed by atoms with Crippen LogP contribution in [0.1, 0.15) is 22.0 Å². The highest BCUT2D eigenvalue weighted by Crippen LogP contribution is 2.29. The van der Waals surface area contributed by atoms with Crippen LogP contribution in [0.2, 0.25) is 0 Å². The molecule has 1 heterocycles. The van der Waals surface area contributed by atoms with Crippen LogP contribution in [-0.4, -0.2) is 40.9 Å². The number of amides is 1. The van der Waals surface area contributed by atoms with E-state index in [1.54, 1.807) is 13.0 Å². The predicted octanol–water partition coefficient (Wildman–Crippen LogP) is 3.30. The fourth-order valence-electron chi connectivity index (χ4n) is 2.78. The van der Waals surface area contributed by atoms with Crippen molar-refractivity contribution in [1.82, 2.24) is 20.1 Å². The Bertz CT molecular complexity index is 1020. The van der Waals surface area contributed by atoms with E-state index in [-0.39, 0.29) is 29.7 Å². The molecular formula is C20H19F3N4O3. The molecule has 1 amide bonds. The zero-order valence-electron chi connectivity index (χ0n) is 16.2. The van der Waals surface area contributed by atoms with Crippen LogP contribution in [0.5, 0.6) is 11.5 Å². The molecule has 0 aliphatic rings. The molecule has 2 aromatic carbocycles. The number of benzene rings is 2. The standard InChI is InChI=1S/C20H19F3N4O3/c1-12-25-18(26-27(12)15-6-4-14(21)5-7-15)19(28)24-10-9-13-3-8-16(29-2)17(11-13)30-20(22)23/h3-8,11,20H,9-10H2,1-2H3,(H,24,28). The maximum absolute atomic E-state index is 13.1. The van der Waals surface area contributed by atoms with E-state index in [0.29, 0.717) is 23.5 Å². The van der Waals surface area contributed by atoms with E-state index < -0.39 is 12.5 Å². The Morgan fingerprint density at radius 2 is 1.90 bits per heavy atom. The third-order valence-electron chi connectivity index (χ3n) is 4.19. The van der Waals surface area contributed by atoms with Crippen LogP contribution in [0.25, 0.3) is 5.69 Å². The molecule has 10 heteroatoms. The van der Waals surface area contributed by atoms with Gasteiger partial charge in [-0.1, -0.05) is 6.07 Å². The average molecular weight is 420 g/mol. The van der Waals surface area contributed by atoms with E-state index in [4.69, 9.17) is 4.74 Å². The van der Waals surface area contributed by atoms with E-state index in [1.165, 1.54) is 48.2 Å². The van der Waals surface area contributed by atoms with Crippen LogP contribution >= 0.6 is 0 Å². The molecule has 30 heavy (non-hydrogen) atoms. The van der Waals surface area contributed by atoms with Crippen molar-refractivity contribution in [2.45, 2.75) is 20.0 Å². The Morgan fingerprint density at radius 1 is 1.17 bits per heavy atom. The molecule has 3 aromatic rings. The minimum atomic E-state index is -2.97.